The molecule has 1 aromatic carbocycles. The van der Waals surface area contributed by atoms with Gasteiger partial charge in [-0.25, -0.2) is 14.4 Å². The SMILES string of the molecule is O=C(Cc1ccc(F)cc1)N1CCC(COc2ncc(Br)cn2)CC1. The number of rotatable bonds is 5. The minimum Gasteiger partial charge on any atom is -0.463 e. The Balaban J connectivity index is 1.42. The van der Waals surface area contributed by atoms with Gasteiger partial charge in [-0.05, 0) is 52.4 Å². The quantitative estimate of drug-likeness (QED) is 0.763. The lowest BCUT2D eigenvalue weighted by Crippen LogP contribution is -2.40. The van der Waals surface area contributed by atoms with Crippen molar-refractivity contribution in [3.63, 3.8) is 0 Å². The maximum absolute atomic E-state index is 12.9. The molecule has 5 nitrogen and oxygen atoms in total. The second-order valence-corrected chi connectivity index (χ2v) is 7.04. The van der Waals surface area contributed by atoms with Gasteiger partial charge in [-0.2, -0.15) is 0 Å². The van der Waals surface area contributed by atoms with E-state index in [4.69, 9.17) is 4.74 Å². The monoisotopic (exact) mass is 407 g/mol. The van der Waals surface area contributed by atoms with Gasteiger partial charge in [0, 0.05) is 25.5 Å². The molecule has 3 rings (SSSR count). The third-order valence-electron chi connectivity index (χ3n) is 4.28. The molecule has 2 aromatic rings. The number of ether oxygens (including phenoxy) is 1. The standard InChI is InChI=1S/C18H19BrFN3O2/c19-15-10-21-18(22-11-15)25-12-14-5-7-23(8-6-14)17(24)9-13-1-3-16(20)4-2-13/h1-4,10-11,14H,5-9,12H2. The highest BCUT2D eigenvalue weighted by Gasteiger charge is 2.23. The summed E-state index contributed by atoms with van der Waals surface area (Å²) in [6, 6.07) is 6.46. The van der Waals surface area contributed by atoms with Crippen molar-refractivity contribution in [2.24, 2.45) is 5.92 Å². The van der Waals surface area contributed by atoms with E-state index in [1.54, 1.807) is 24.5 Å². The number of hydrogen-bond donors (Lipinski definition) is 0. The molecule has 0 unspecified atom stereocenters. The van der Waals surface area contributed by atoms with Crippen LogP contribution in [-0.2, 0) is 11.2 Å². The Morgan fingerprint density at radius 2 is 1.84 bits per heavy atom. The summed E-state index contributed by atoms with van der Waals surface area (Å²) in [6.07, 6.45) is 5.41. The second kappa shape index (κ2) is 8.38. The average Bonchev–Trinajstić information content (AvgIpc) is 2.63. The van der Waals surface area contributed by atoms with Crippen LogP contribution in [0.25, 0.3) is 0 Å². The number of halogens is 2. The van der Waals surface area contributed by atoms with E-state index in [0.717, 1.165) is 36.0 Å². The molecule has 1 amide bonds. The molecule has 1 aliphatic rings. The van der Waals surface area contributed by atoms with Crippen LogP contribution >= 0.6 is 15.9 Å². The first-order valence-electron chi connectivity index (χ1n) is 8.23. The predicted octanol–water partition coefficient (Wildman–Crippen LogP) is 3.24. The number of carbonyl (C=O) groups is 1. The van der Waals surface area contributed by atoms with Crippen molar-refractivity contribution in [3.05, 3.63) is 52.5 Å². The molecule has 0 aliphatic carbocycles. The zero-order valence-electron chi connectivity index (χ0n) is 13.7. The summed E-state index contributed by atoms with van der Waals surface area (Å²) in [7, 11) is 0. The number of nitrogens with zero attached hydrogens (tertiary/aromatic N) is 3. The first-order chi connectivity index (χ1) is 12.1. The van der Waals surface area contributed by atoms with E-state index in [1.165, 1.54) is 12.1 Å². The number of benzene rings is 1. The Labute approximate surface area is 154 Å². The molecule has 1 saturated heterocycles. The summed E-state index contributed by atoms with van der Waals surface area (Å²) in [5.41, 5.74) is 0.837. The molecule has 7 heteroatoms. The molecule has 0 N–H and O–H groups in total. The molecular weight excluding hydrogens is 389 g/mol. The lowest BCUT2D eigenvalue weighted by molar-refractivity contribution is -0.132. The van der Waals surface area contributed by atoms with Gasteiger partial charge in [-0.3, -0.25) is 4.79 Å². The predicted molar refractivity (Wildman–Crippen MR) is 94.6 cm³/mol. The Hall–Kier alpha value is -2.02. The van der Waals surface area contributed by atoms with Gasteiger partial charge in [-0.15, -0.1) is 0 Å². The largest absolute Gasteiger partial charge is 0.463 e. The van der Waals surface area contributed by atoms with Crippen LogP contribution in [0.3, 0.4) is 0 Å². The first-order valence-corrected chi connectivity index (χ1v) is 9.02. The van der Waals surface area contributed by atoms with Crippen molar-refractivity contribution in [2.45, 2.75) is 19.3 Å². The summed E-state index contributed by atoms with van der Waals surface area (Å²) >= 11 is 3.28. The lowest BCUT2D eigenvalue weighted by atomic mass is 9.97. The van der Waals surface area contributed by atoms with Crippen molar-refractivity contribution in [3.8, 4) is 6.01 Å². The van der Waals surface area contributed by atoms with Gasteiger partial charge < -0.3 is 9.64 Å². The minimum absolute atomic E-state index is 0.0854. The van der Waals surface area contributed by atoms with Crippen LogP contribution in [0, 0.1) is 11.7 Å². The molecular formula is C18H19BrFN3O2. The summed E-state index contributed by atoms with van der Waals surface area (Å²) in [5, 5.41) is 0. The van der Waals surface area contributed by atoms with Crippen LogP contribution in [0.2, 0.25) is 0 Å². The molecule has 2 heterocycles. The number of likely N-dealkylation sites (tertiary alicyclic amines) is 1. The summed E-state index contributed by atoms with van der Waals surface area (Å²) in [4.78, 5) is 22.4. The minimum atomic E-state index is -0.285. The molecule has 132 valence electrons. The molecule has 0 saturated carbocycles. The van der Waals surface area contributed by atoms with Crippen LogP contribution in [0.4, 0.5) is 4.39 Å². The molecule has 0 bridgehead atoms. The number of amides is 1. The van der Waals surface area contributed by atoms with Gasteiger partial charge in [0.2, 0.25) is 5.91 Å². The van der Waals surface area contributed by atoms with Gasteiger partial charge in [0.1, 0.15) is 5.82 Å². The van der Waals surface area contributed by atoms with Gasteiger partial charge in [-0.1, -0.05) is 12.1 Å². The normalized spacial score (nSPS) is 15.2. The average molecular weight is 408 g/mol. The second-order valence-electron chi connectivity index (χ2n) is 6.12. The molecule has 0 radical (unpaired) electrons. The molecule has 1 fully saturated rings. The van der Waals surface area contributed by atoms with Gasteiger partial charge >= 0.3 is 6.01 Å². The van der Waals surface area contributed by atoms with Crippen molar-refractivity contribution < 1.29 is 13.9 Å². The number of hydrogen-bond acceptors (Lipinski definition) is 4. The van der Waals surface area contributed by atoms with Crippen LogP contribution in [-0.4, -0.2) is 40.5 Å². The maximum atomic E-state index is 12.9. The fourth-order valence-corrected chi connectivity index (χ4v) is 3.01. The fourth-order valence-electron chi connectivity index (χ4n) is 2.81. The molecule has 1 aliphatic heterocycles. The summed E-state index contributed by atoms with van der Waals surface area (Å²) in [5.74, 6) is 0.191. The van der Waals surface area contributed by atoms with Crippen molar-refractivity contribution in [1.29, 1.82) is 0 Å². The Morgan fingerprint density at radius 1 is 1.20 bits per heavy atom. The fraction of sp³-hybridized carbons (Fsp3) is 0.389. The van der Waals surface area contributed by atoms with E-state index in [2.05, 4.69) is 25.9 Å². The van der Waals surface area contributed by atoms with Crippen molar-refractivity contribution >= 4 is 21.8 Å². The number of aromatic nitrogens is 2. The highest BCUT2D eigenvalue weighted by molar-refractivity contribution is 9.10. The van der Waals surface area contributed by atoms with E-state index < -0.39 is 0 Å². The van der Waals surface area contributed by atoms with E-state index in [-0.39, 0.29) is 11.7 Å². The van der Waals surface area contributed by atoms with Gasteiger partial charge in [0.05, 0.1) is 17.5 Å². The number of piperidine rings is 1. The van der Waals surface area contributed by atoms with E-state index in [1.807, 2.05) is 4.90 Å². The first kappa shape index (κ1) is 17.8. The highest BCUT2D eigenvalue weighted by Crippen LogP contribution is 2.19. The van der Waals surface area contributed by atoms with E-state index >= 15 is 0 Å². The smallest absolute Gasteiger partial charge is 0.316 e. The Kier molecular flexibility index (Phi) is 5.96. The lowest BCUT2D eigenvalue weighted by Gasteiger charge is -2.31. The third kappa shape index (κ3) is 5.22. The van der Waals surface area contributed by atoms with Crippen molar-refractivity contribution in [1.82, 2.24) is 14.9 Å². The molecule has 25 heavy (non-hydrogen) atoms. The Bertz CT molecular complexity index is 701. The van der Waals surface area contributed by atoms with Gasteiger partial charge in [0.25, 0.3) is 0 Å². The zero-order valence-corrected chi connectivity index (χ0v) is 15.3. The maximum Gasteiger partial charge on any atom is 0.316 e. The Morgan fingerprint density at radius 3 is 2.48 bits per heavy atom. The molecule has 1 aromatic heterocycles. The van der Waals surface area contributed by atoms with Crippen LogP contribution in [0.1, 0.15) is 18.4 Å². The van der Waals surface area contributed by atoms with Crippen LogP contribution in [0.15, 0.2) is 41.1 Å². The summed E-state index contributed by atoms with van der Waals surface area (Å²) < 4.78 is 19.4. The highest BCUT2D eigenvalue weighted by atomic mass is 79.9. The number of carbonyl (C=O) groups excluding carboxylic acids is 1. The van der Waals surface area contributed by atoms with Crippen molar-refractivity contribution in [2.75, 3.05) is 19.7 Å². The van der Waals surface area contributed by atoms with Crippen LogP contribution < -0.4 is 4.74 Å². The zero-order chi connectivity index (χ0) is 17.6. The molecule has 0 atom stereocenters. The van der Waals surface area contributed by atoms with Crippen LogP contribution in [0.5, 0.6) is 6.01 Å². The summed E-state index contributed by atoms with van der Waals surface area (Å²) in [6.45, 7) is 1.99. The molecule has 0 spiro atoms. The van der Waals surface area contributed by atoms with E-state index in [0.29, 0.717) is 25.0 Å². The van der Waals surface area contributed by atoms with Gasteiger partial charge in [0.15, 0.2) is 0 Å². The third-order valence-corrected chi connectivity index (χ3v) is 4.69. The topological polar surface area (TPSA) is 55.3 Å². The van der Waals surface area contributed by atoms with E-state index in [9.17, 15) is 9.18 Å².